The van der Waals surface area contributed by atoms with Crippen molar-refractivity contribution in [2.45, 2.75) is 32.6 Å². The third kappa shape index (κ3) is 3.82. The minimum Gasteiger partial charge on any atom is -0.457 e. The van der Waals surface area contributed by atoms with Crippen LogP contribution in [-0.4, -0.2) is 39.1 Å². The summed E-state index contributed by atoms with van der Waals surface area (Å²) in [7, 11) is -3.30. The number of ether oxygens (including phenoxy) is 1. The first kappa shape index (κ1) is 18.6. The number of nitrogens with zero attached hydrogens (tertiary/aromatic N) is 1. The number of Topliss-reactive ketones (excluding diaryl/α,β-unsaturated/α-hetero) is 1. The maximum atomic E-state index is 12.3. The van der Waals surface area contributed by atoms with E-state index in [-0.39, 0.29) is 30.0 Å². The highest BCUT2D eigenvalue weighted by Crippen LogP contribution is 2.31. The molecule has 0 N–H and O–H groups in total. The molecule has 0 spiro atoms. The first-order valence-electron chi connectivity index (χ1n) is 8.90. The van der Waals surface area contributed by atoms with Crippen LogP contribution in [0.15, 0.2) is 30.4 Å². The number of carbonyl (C=O) groups is 2. The fourth-order valence-electron chi connectivity index (χ4n) is 3.34. The molecular weight excluding hydrogens is 354 g/mol. The standard InChI is InChI=1S/C19H23NO5S/c1-2-26(23,24)20-11-10-15-12-16(8-9-17(15)20)18(21)13-25-19(22)14-6-4-3-5-7-14/h3-4,8-9,12,14H,2,5-7,10-11,13H2,1H3/t14-/m1/s1. The van der Waals surface area contributed by atoms with Crippen LogP contribution < -0.4 is 4.31 Å². The van der Waals surface area contributed by atoms with Crippen molar-refractivity contribution in [1.82, 2.24) is 0 Å². The van der Waals surface area contributed by atoms with Gasteiger partial charge in [0.15, 0.2) is 12.4 Å². The molecule has 1 aliphatic heterocycles. The van der Waals surface area contributed by atoms with Crippen LogP contribution in [0.4, 0.5) is 5.69 Å². The number of hydrogen-bond donors (Lipinski definition) is 0. The Morgan fingerprint density at radius 3 is 2.77 bits per heavy atom. The van der Waals surface area contributed by atoms with Crippen molar-refractivity contribution in [1.29, 1.82) is 0 Å². The van der Waals surface area contributed by atoms with Crippen LogP contribution in [0.1, 0.15) is 42.1 Å². The topological polar surface area (TPSA) is 80.8 Å². The van der Waals surface area contributed by atoms with Crippen molar-refractivity contribution in [3.8, 4) is 0 Å². The van der Waals surface area contributed by atoms with Crippen molar-refractivity contribution in [3.05, 3.63) is 41.5 Å². The molecule has 6 nitrogen and oxygen atoms in total. The van der Waals surface area contributed by atoms with Crippen molar-refractivity contribution < 1.29 is 22.7 Å². The number of carbonyl (C=O) groups excluding carboxylic acids is 2. The molecule has 26 heavy (non-hydrogen) atoms. The van der Waals surface area contributed by atoms with Gasteiger partial charge in [-0.2, -0.15) is 0 Å². The molecule has 0 saturated heterocycles. The van der Waals surface area contributed by atoms with Crippen LogP contribution in [0.5, 0.6) is 0 Å². The molecule has 0 amide bonds. The molecule has 0 fully saturated rings. The number of hydrogen-bond acceptors (Lipinski definition) is 5. The summed E-state index contributed by atoms with van der Waals surface area (Å²) in [6.45, 7) is 1.73. The summed E-state index contributed by atoms with van der Waals surface area (Å²) < 4.78 is 30.8. The predicted octanol–water partition coefficient (Wildman–Crippen LogP) is 2.48. The van der Waals surface area contributed by atoms with Crippen molar-refractivity contribution >= 4 is 27.5 Å². The zero-order valence-electron chi connectivity index (χ0n) is 14.8. The van der Waals surface area contributed by atoms with E-state index in [1.807, 2.05) is 12.2 Å². The Kier molecular flexibility index (Phi) is 5.46. The van der Waals surface area contributed by atoms with E-state index in [2.05, 4.69) is 0 Å². The van der Waals surface area contributed by atoms with Gasteiger partial charge in [0.05, 0.1) is 17.4 Å². The lowest BCUT2D eigenvalue weighted by molar-refractivity contribution is -0.147. The first-order chi connectivity index (χ1) is 12.4. The van der Waals surface area contributed by atoms with E-state index in [1.54, 1.807) is 25.1 Å². The highest BCUT2D eigenvalue weighted by Gasteiger charge is 2.29. The summed E-state index contributed by atoms with van der Waals surface area (Å²) in [5.74, 6) is -0.728. The van der Waals surface area contributed by atoms with Crippen molar-refractivity contribution in [3.63, 3.8) is 0 Å². The summed E-state index contributed by atoms with van der Waals surface area (Å²) in [4.78, 5) is 24.4. The van der Waals surface area contributed by atoms with Crippen LogP contribution in [0.25, 0.3) is 0 Å². The molecule has 0 saturated carbocycles. The SMILES string of the molecule is CCS(=O)(=O)N1CCc2cc(C(=O)COC(=O)[C@@H]3CC=CCC3)ccc21. The number of benzene rings is 1. The second-order valence-electron chi connectivity index (χ2n) is 6.58. The summed E-state index contributed by atoms with van der Waals surface area (Å²) >= 11 is 0. The quantitative estimate of drug-likeness (QED) is 0.432. The molecule has 2 aliphatic rings. The average molecular weight is 377 g/mol. The fraction of sp³-hybridized carbons (Fsp3) is 0.474. The molecule has 0 unspecified atom stereocenters. The Morgan fingerprint density at radius 1 is 1.27 bits per heavy atom. The van der Waals surface area contributed by atoms with Gasteiger partial charge in [0.25, 0.3) is 0 Å². The van der Waals surface area contributed by atoms with E-state index in [1.165, 1.54) is 4.31 Å². The molecule has 0 aromatic heterocycles. The van der Waals surface area contributed by atoms with Gasteiger partial charge in [-0.15, -0.1) is 0 Å². The number of sulfonamides is 1. The molecular formula is C19H23NO5S. The lowest BCUT2D eigenvalue weighted by atomic mass is 9.95. The zero-order chi connectivity index (χ0) is 18.7. The second kappa shape index (κ2) is 7.61. The van der Waals surface area contributed by atoms with E-state index in [9.17, 15) is 18.0 Å². The number of fused-ring (bicyclic) bond motifs is 1. The van der Waals surface area contributed by atoms with Gasteiger partial charge in [0.1, 0.15) is 0 Å². The summed E-state index contributed by atoms with van der Waals surface area (Å²) in [5, 5.41) is 0. The van der Waals surface area contributed by atoms with E-state index in [4.69, 9.17) is 4.74 Å². The molecule has 140 valence electrons. The maximum absolute atomic E-state index is 12.3. The molecule has 0 radical (unpaired) electrons. The average Bonchev–Trinajstić information content (AvgIpc) is 3.10. The van der Waals surface area contributed by atoms with Gasteiger partial charge in [-0.1, -0.05) is 12.2 Å². The van der Waals surface area contributed by atoms with Gasteiger partial charge in [-0.05, 0) is 56.4 Å². The Labute approximate surface area is 153 Å². The number of allylic oxidation sites excluding steroid dienone is 2. The van der Waals surface area contributed by atoms with Crippen LogP contribution >= 0.6 is 0 Å². The Bertz CT molecular complexity index is 843. The van der Waals surface area contributed by atoms with Gasteiger partial charge in [-0.3, -0.25) is 13.9 Å². The summed E-state index contributed by atoms with van der Waals surface area (Å²) in [5.41, 5.74) is 1.90. The molecule has 7 heteroatoms. The Hall–Kier alpha value is -2.15. The fourth-order valence-corrected chi connectivity index (χ4v) is 4.49. The highest BCUT2D eigenvalue weighted by atomic mass is 32.2. The Morgan fingerprint density at radius 2 is 2.08 bits per heavy atom. The minimum absolute atomic E-state index is 0.0411. The molecule has 1 aromatic carbocycles. The van der Waals surface area contributed by atoms with E-state index in [0.29, 0.717) is 30.6 Å². The molecule has 1 heterocycles. The zero-order valence-corrected chi connectivity index (χ0v) is 15.6. The first-order valence-corrected chi connectivity index (χ1v) is 10.5. The Balaban J connectivity index is 1.64. The van der Waals surface area contributed by atoms with Gasteiger partial charge < -0.3 is 4.74 Å². The third-order valence-corrected chi connectivity index (χ3v) is 6.68. The third-order valence-electron chi connectivity index (χ3n) is 4.90. The molecule has 3 rings (SSSR count). The van der Waals surface area contributed by atoms with E-state index in [0.717, 1.165) is 18.4 Å². The minimum atomic E-state index is -3.30. The van der Waals surface area contributed by atoms with E-state index < -0.39 is 10.0 Å². The number of anilines is 1. The number of esters is 1. The van der Waals surface area contributed by atoms with Crippen LogP contribution in [0.2, 0.25) is 0 Å². The largest absolute Gasteiger partial charge is 0.457 e. The van der Waals surface area contributed by atoms with Gasteiger partial charge in [0, 0.05) is 12.1 Å². The highest BCUT2D eigenvalue weighted by molar-refractivity contribution is 7.92. The molecule has 1 aromatic rings. The van der Waals surface area contributed by atoms with Crippen LogP contribution in [0.3, 0.4) is 0 Å². The lowest BCUT2D eigenvalue weighted by Gasteiger charge is -2.18. The van der Waals surface area contributed by atoms with Crippen LogP contribution in [0, 0.1) is 5.92 Å². The monoisotopic (exact) mass is 377 g/mol. The molecule has 1 aliphatic carbocycles. The number of ketones is 1. The number of rotatable bonds is 6. The smallest absolute Gasteiger partial charge is 0.309 e. The summed E-state index contributed by atoms with van der Waals surface area (Å²) in [6, 6.07) is 4.97. The molecule has 1 atom stereocenters. The van der Waals surface area contributed by atoms with Gasteiger partial charge in [0.2, 0.25) is 10.0 Å². The lowest BCUT2D eigenvalue weighted by Crippen LogP contribution is -2.30. The maximum Gasteiger partial charge on any atom is 0.309 e. The van der Waals surface area contributed by atoms with Crippen LogP contribution in [-0.2, 0) is 26.0 Å². The van der Waals surface area contributed by atoms with Crippen molar-refractivity contribution in [2.75, 3.05) is 23.2 Å². The van der Waals surface area contributed by atoms with Gasteiger partial charge in [-0.25, -0.2) is 8.42 Å². The van der Waals surface area contributed by atoms with Crippen molar-refractivity contribution in [2.24, 2.45) is 5.92 Å². The second-order valence-corrected chi connectivity index (χ2v) is 8.76. The summed E-state index contributed by atoms with van der Waals surface area (Å²) in [6.07, 6.45) is 6.85. The predicted molar refractivity (Wildman–Crippen MR) is 98.7 cm³/mol. The normalized spacial score (nSPS) is 19.3. The van der Waals surface area contributed by atoms with E-state index >= 15 is 0 Å². The van der Waals surface area contributed by atoms with Gasteiger partial charge >= 0.3 is 5.97 Å². The molecule has 0 bridgehead atoms.